The minimum Gasteiger partial charge on any atom is -0.455 e. The van der Waals surface area contributed by atoms with Gasteiger partial charge in [0.25, 0.3) is 5.69 Å². The van der Waals surface area contributed by atoms with E-state index in [4.69, 9.17) is 4.42 Å². The first-order valence-electron chi connectivity index (χ1n) is 10.6. The van der Waals surface area contributed by atoms with Crippen LogP contribution < -0.4 is 4.31 Å². The molecule has 0 N–H and O–H groups in total. The number of benzene rings is 3. The Morgan fingerprint density at radius 2 is 1.77 bits per heavy atom. The molecule has 0 saturated heterocycles. The van der Waals surface area contributed by atoms with Crippen molar-refractivity contribution < 1.29 is 26.9 Å². The lowest BCUT2D eigenvalue weighted by atomic mass is 9.96. The summed E-state index contributed by atoms with van der Waals surface area (Å²) in [7, 11) is -2.35. The largest absolute Gasteiger partial charge is 0.455 e. The van der Waals surface area contributed by atoms with E-state index in [1.807, 2.05) is 0 Å². The highest BCUT2D eigenvalue weighted by atomic mass is 32.2. The number of hydrogen-bond donors (Lipinski definition) is 0. The number of nitro benzene ring substituents is 1. The molecule has 0 aliphatic heterocycles. The van der Waals surface area contributed by atoms with E-state index in [9.17, 15) is 27.7 Å². The van der Waals surface area contributed by atoms with Crippen molar-refractivity contribution in [1.82, 2.24) is 0 Å². The van der Waals surface area contributed by atoms with Crippen molar-refractivity contribution in [3.63, 3.8) is 0 Å². The van der Waals surface area contributed by atoms with Gasteiger partial charge >= 0.3 is 0 Å². The van der Waals surface area contributed by atoms with Gasteiger partial charge in [0, 0.05) is 48.2 Å². The molecule has 0 aliphatic rings. The number of hydrogen-bond acceptors (Lipinski definition) is 6. The van der Waals surface area contributed by atoms with Crippen LogP contribution in [0.5, 0.6) is 0 Å². The molecule has 4 rings (SSSR count). The van der Waals surface area contributed by atoms with Crippen molar-refractivity contribution >= 4 is 38.2 Å². The third-order valence-corrected chi connectivity index (χ3v) is 6.91. The molecule has 10 heteroatoms. The zero-order valence-electron chi connectivity index (χ0n) is 19.1. The molecule has 0 saturated carbocycles. The molecule has 0 bridgehead atoms. The van der Waals surface area contributed by atoms with Gasteiger partial charge < -0.3 is 4.42 Å². The number of anilines is 1. The predicted octanol–water partition coefficient (Wildman–Crippen LogP) is 5.80. The van der Waals surface area contributed by atoms with Gasteiger partial charge in [0.2, 0.25) is 10.0 Å². The number of carbonyl (C=O) groups excluding carboxylic acids is 1. The van der Waals surface area contributed by atoms with Crippen molar-refractivity contribution in [2.45, 2.75) is 13.3 Å². The second-order valence-electron chi connectivity index (χ2n) is 7.99. The monoisotopic (exact) mass is 496 g/mol. The Hall–Kier alpha value is -4.05. The van der Waals surface area contributed by atoms with Crippen molar-refractivity contribution in [1.29, 1.82) is 0 Å². The van der Waals surface area contributed by atoms with Gasteiger partial charge in [-0.25, -0.2) is 12.8 Å². The van der Waals surface area contributed by atoms with Gasteiger partial charge in [-0.05, 0) is 35.9 Å². The minimum atomic E-state index is -3.71. The number of fused-ring (bicyclic) bond motifs is 1. The maximum atomic E-state index is 13.5. The number of non-ortho nitro benzene ring substituents is 1. The van der Waals surface area contributed by atoms with Gasteiger partial charge in [-0.3, -0.25) is 19.2 Å². The molecule has 0 spiro atoms. The number of Topliss-reactive ketones (excluding diaryl/α,β-unsaturated/α-hetero) is 1. The Labute approximate surface area is 200 Å². The van der Waals surface area contributed by atoms with Crippen LogP contribution in [0.1, 0.15) is 23.7 Å². The molecule has 3 aromatic carbocycles. The molecule has 0 radical (unpaired) electrons. The molecule has 180 valence electrons. The van der Waals surface area contributed by atoms with E-state index in [1.54, 1.807) is 19.1 Å². The van der Waals surface area contributed by atoms with E-state index in [0.717, 1.165) is 10.6 Å². The number of halogens is 1. The second kappa shape index (κ2) is 8.95. The second-order valence-corrected chi connectivity index (χ2v) is 10.0. The van der Waals surface area contributed by atoms with Gasteiger partial charge in [0.1, 0.15) is 17.2 Å². The van der Waals surface area contributed by atoms with E-state index in [1.165, 1.54) is 55.6 Å². The Kier molecular flexibility index (Phi) is 6.16. The van der Waals surface area contributed by atoms with E-state index < -0.39 is 20.8 Å². The third-order valence-electron chi connectivity index (χ3n) is 5.72. The number of ketones is 1. The maximum Gasteiger partial charge on any atom is 0.270 e. The molecule has 8 nitrogen and oxygen atoms in total. The molecule has 35 heavy (non-hydrogen) atoms. The van der Waals surface area contributed by atoms with Crippen LogP contribution in [0, 0.1) is 15.9 Å². The zero-order chi connectivity index (χ0) is 25.5. The lowest BCUT2D eigenvalue weighted by molar-refractivity contribution is -0.384. The van der Waals surface area contributed by atoms with Gasteiger partial charge in [-0.1, -0.05) is 19.1 Å². The average Bonchev–Trinajstić information content (AvgIpc) is 3.20. The van der Waals surface area contributed by atoms with Crippen molar-refractivity contribution in [3.05, 3.63) is 82.2 Å². The molecule has 0 aliphatic carbocycles. The molecule has 1 heterocycles. The molecular formula is C25H21FN2O6S. The van der Waals surface area contributed by atoms with Crippen LogP contribution in [0.25, 0.3) is 33.4 Å². The first-order valence-corrected chi connectivity index (χ1v) is 12.4. The fourth-order valence-corrected chi connectivity index (χ4v) is 4.36. The Morgan fingerprint density at radius 3 is 2.37 bits per heavy atom. The van der Waals surface area contributed by atoms with Crippen LogP contribution in [-0.2, 0) is 10.0 Å². The molecule has 0 amide bonds. The molecule has 4 aromatic rings. The summed E-state index contributed by atoms with van der Waals surface area (Å²) in [5.41, 5.74) is 1.82. The first kappa shape index (κ1) is 24.1. The fourth-order valence-electron chi connectivity index (χ4n) is 3.85. The summed E-state index contributed by atoms with van der Waals surface area (Å²) < 4.78 is 45.4. The van der Waals surface area contributed by atoms with Crippen LogP contribution in [0.15, 0.2) is 65.1 Å². The summed E-state index contributed by atoms with van der Waals surface area (Å²) in [5, 5.41) is 11.8. The SMILES string of the molecule is CCC(=O)c1c(-c2ccc(F)cc2)oc2cc(N(C)S(C)(=O)=O)c(-c3cccc([N+](=O)[O-])c3)cc12. The number of rotatable bonds is 7. The highest BCUT2D eigenvalue weighted by Gasteiger charge is 2.26. The quantitative estimate of drug-likeness (QED) is 0.182. The van der Waals surface area contributed by atoms with Crippen molar-refractivity contribution in [2.24, 2.45) is 0 Å². The Morgan fingerprint density at radius 1 is 1.09 bits per heavy atom. The Balaban J connectivity index is 2.09. The average molecular weight is 497 g/mol. The standard InChI is InChI=1S/C25H21FN2O6S/c1-4-22(29)24-20-13-19(16-6-5-7-18(12-16)28(30)31)21(27(2)35(3,32)33)14-23(20)34-25(24)15-8-10-17(26)11-9-15/h5-14H,4H2,1-3H3. The van der Waals surface area contributed by atoms with Gasteiger partial charge in [-0.15, -0.1) is 0 Å². The van der Waals surface area contributed by atoms with E-state index in [0.29, 0.717) is 22.1 Å². The molecular weight excluding hydrogens is 475 g/mol. The fraction of sp³-hybridized carbons (Fsp3) is 0.160. The summed E-state index contributed by atoms with van der Waals surface area (Å²) >= 11 is 0. The summed E-state index contributed by atoms with van der Waals surface area (Å²) in [6.45, 7) is 1.70. The summed E-state index contributed by atoms with van der Waals surface area (Å²) in [5.74, 6) is -0.438. The lowest BCUT2D eigenvalue weighted by Crippen LogP contribution is -2.25. The molecule has 0 fully saturated rings. The van der Waals surface area contributed by atoms with Crippen LogP contribution in [0.3, 0.4) is 0 Å². The number of sulfonamides is 1. The summed E-state index contributed by atoms with van der Waals surface area (Å²) in [4.78, 5) is 23.8. The lowest BCUT2D eigenvalue weighted by Gasteiger charge is -2.20. The predicted molar refractivity (Wildman–Crippen MR) is 132 cm³/mol. The van der Waals surface area contributed by atoms with Crippen LogP contribution in [-0.4, -0.2) is 32.4 Å². The van der Waals surface area contributed by atoms with E-state index >= 15 is 0 Å². The minimum absolute atomic E-state index is 0.167. The normalized spacial score (nSPS) is 11.5. The highest BCUT2D eigenvalue weighted by molar-refractivity contribution is 7.92. The summed E-state index contributed by atoms with van der Waals surface area (Å²) in [6, 6.07) is 14.4. The summed E-state index contributed by atoms with van der Waals surface area (Å²) in [6.07, 6.45) is 1.20. The zero-order valence-corrected chi connectivity index (χ0v) is 19.9. The number of nitro groups is 1. The Bertz CT molecular complexity index is 1580. The first-order chi connectivity index (χ1) is 16.5. The number of nitrogens with zero attached hydrogens (tertiary/aromatic N) is 2. The topological polar surface area (TPSA) is 111 Å². The van der Waals surface area contributed by atoms with E-state index in [2.05, 4.69) is 0 Å². The van der Waals surface area contributed by atoms with Crippen molar-refractivity contribution in [2.75, 3.05) is 17.6 Å². The molecule has 1 aromatic heterocycles. The molecule has 0 unspecified atom stereocenters. The van der Waals surface area contributed by atoms with Crippen LogP contribution in [0.4, 0.5) is 15.8 Å². The van der Waals surface area contributed by atoms with E-state index in [-0.39, 0.29) is 40.5 Å². The van der Waals surface area contributed by atoms with Gasteiger partial charge in [0.15, 0.2) is 5.78 Å². The molecule has 0 atom stereocenters. The smallest absolute Gasteiger partial charge is 0.270 e. The number of furan rings is 1. The van der Waals surface area contributed by atoms with Gasteiger partial charge in [-0.2, -0.15) is 0 Å². The van der Waals surface area contributed by atoms with Crippen LogP contribution in [0.2, 0.25) is 0 Å². The van der Waals surface area contributed by atoms with Gasteiger partial charge in [0.05, 0.1) is 22.4 Å². The van der Waals surface area contributed by atoms with Crippen LogP contribution >= 0.6 is 0 Å². The third kappa shape index (κ3) is 4.52. The highest BCUT2D eigenvalue weighted by Crippen LogP contribution is 2.42. The number of carbonyl (C=O) groups is 1. The van der Waals surface area contributed by atoms with Crippen molar-refractivity contribution in [3.8, 4) is 22.5 Å². The maximum absolute atomic E-state index is 13.5.